The number of ether oxygens (including phenoxy) is 1. The first-order valence-corrected chi connectivity index (χ1v) is 7.14. The van der Waals surface area contributed by atoms with Crippen LogP contribution < -0.4 is 10.2 Å². The number of carbonyl (C=O) groups excluding carboxylic acids is 1. The lowest BCUT2D eigenvalue weighted by molar-refractivity contribution is -0.126. The molecule has 0 saturated carbocycles. The van der Waals surface area contributed by atoms with Gasteiger partial charge in [0.25, 0.3) is 0 Å². The fraction of sp³-hybridized carbons (Fsp3) is 0.429. The molecule has 0 aromatic heterocycles. The normalized spacial score (nSPS) is 18.8. The van der Waals surface area contributed by atoms with Gasteiger partial charge in [-0.2, -0.15) is 0 Å². The fourth-order valence-corrected chi connectivity index (χ4v) is 2.71. The summed E-state index contributed by atoms with van der Waals surface area (Å²) in [7, 11) is 0. The maximum atomic E-state index is 11.7. The number of hydrogen-bond donors (Lipinski definition) is 1. The molecule has 0 saturated heterocycles. The second-order valence-electron chi connectivity index (χ2n) is 5.20. The molecule has 4 nitrogen and oxygen atoms in total. The number of rotatable bonds is 2. The molecule has 1 aliphatic rings. The van der Waals surface area contributed by atoms with Crippen LogP contribution in [0.15, 0.2) is 17.2 Å². The van der Waals surface area contributed by atoms with Crippen LogP contribution in [-0.4, -0.2) is 11.8 Å². The van der Waals surface area contributed by atoms with E-state index >= 15 is 0 Å². The molecule has 1 aromatic carbocycles. The predicted molar refractivity (Wildman–Crippen MR) is 80.3 cm³/mol. The molecular formula is C14H16Cl2N2O2. The van der Waals surface area contributed by atoms with Gasteiger partial charge >= 0.3 is 0 Å². The summed E-state index contributed by atoms with van der Waals surface area (Å²) < 4.78 is 5.67. The molecule has 2 rings (SSSR count). The minimum absolute atomic E-state index is 0.0894. The molecule has 0 bridgehead atoms. The molecule has 1 heterocycles. The zero-order valence-electron chi connectivity index (χ0n) is 11.5. The second-order valence-corrected chi connectivity index (χ2v) is 6.01. The number of aryl methyl sites for hydroxylation is 1. The highest BCUT2D eigenvalue weighted by molar-refractivity contribution is 6.37. The van der Waals surface area contributed by atoms with Crippen molar-refractivity contribution in [1.82, 2.24) is 5.43 Å². The molecule has 0 aliphatic carbocycles. The van der Waals surface area contributed by atoms with Crippen molar-refractivity contribution in [1.29, 1.82) is 0 Å². The zero-order valence-corrected chi connectivity index (χ0v) is 13.0. The average Bonchev–Trinajstić information content (AvgIpc) is 2.35. The molecule has 1 N–H and O–H groups in total. The minimum Gasteiger partial charge on any atom is -0.438 e. The van der Waals surface area contributed by atoms with Crippen LogP contribution in [-0.2, 0) is 4.79 Å². The van der Waals surface area contributed by atoms with E-state index < -0.39 is 0 Å². The Labute approximate surface area is 128 Å². The van der Waals surface area contributed by atoms with Gasteiger partial charge in [0.05, 0.1) is 16.0 Å². The summed E-state index contributed by atoms with van der Waals surface area (Å²) in [6.45, 7) is 5.87. The second kappa shape index (κ2) is 6.02. The summed E-state index contributed by atoms with van der Waals surface area (Å²) in [5, 5.41) is 4.77. The quantitative estimate of drug-likeness (QED) is 0.903. The van der Waals surface area contributed by atoms with Crippen molar-refractivity contribution < 1.29 is 9.53 Å². The monoisotopic (exact) mass is 314 g/mol. The highest BCUT2D eigenvalue weighted by atomic mass is 35.5. The summed E-state index contributed by atoms with van der Waals surface area (Å²) in [5.41, 5.74) is 3.42. The summed E-state index contributed by atoms with van der Waals surface area (Å²) >= 11 is 12.3. The molecule has 1 aromatic rings. The van der Waals surface area contributed by atoms with Gasteiger partial charge in [-0.25, -0.2) is 5.43 Å². The molecule has 0 radical (unpaired) electrons. The van der Waals surface area contributed by atoms with E-state index in [0.717, 1.165) is 5.56 Å². The molecule has 1 aliphatic heterocycles. The topological polar surface area (TPSA) is 50.7 Å². The largest absolute Gasteiger partial charge is 0.438 e. The average molecular weight is 315 g/mol. The Balaban J connectivity index is 2.21. The van der Waals surface area contributed by atoms with E-state index in [-0.39, 0.29) is 17.7 Å². The predicted octanol–water partition coefficient (Wildman–Crippen LogP) is 3.79. The first kappa shape index (κ1) is 15.1. The van der Waals surface area contributed by atoms with Crippen molar-refractivity contribution in [2.75, 3.05) is 0 Å². The summed E-state index contributed by atoms with van der Waals surface area (Å²) in [6.07, 6.45) is 0.435. The van der Waals surface area contributed by atoms with Crippen LogP contribution in [0.1, 0.15) is 25.8 Å². The van der Waals surface area contributed by atoms with Crippen LogP contribution in [0.25, 0.3) is 0 Å². The fourth-order valence-electron chi connectivity index (χ4n) is 2.03. The number of hydrazone groups is 1. The van der Waals surface area contributed by atoms with Crippen LogP contribution in [0.2, 0.25) is 10.0 Å². The van der Waals surface area contributed by atoms with Gasteiger partial charge < -0.3 is 4.74 Å². The number of amides is 1. The van der Waals surface area contributed by atoms with E-state index in [9.17, 15) is 4.79 Å². The molecule has 6 heteroatoms. The van der Waals surface area contributed by atoms with E-state index in [1.807, 2.05) is 20.8 Å². The van der Waals surface area contributed by atoms with Crippen molar-refractivity contribution in [3.05, 3.63) is 27.7 Å². The summed E-state index contributed by atoms with van der Waals surface area (Å²) in [5.74, 6) is 0.735. The van der Waals surface area contributed by atoms with Crippen molar-refractivity contribution in [3.8, 4) is 5.75 Å². The van der Waals surface area contributed by atoms with E-state index in [1.54, 1.807) is 12.1 Å². The lowest BCUT2D eigenvalue weighted by Gasteiger charge is -2.24. The van der Waals surface area contributed by atoms with Gasteiger partial charge in [-0.05, 0) is 30.5 Å². The minimum atomic E-state index is -0.162. The Morgan fingerprint density at radius 1 is 1.35 bits per heavy atom. The number of hydrogen-bond acceptors (Lipinski definition) is 3. The van der Waals surface area contributed by atoms with Crippen LogP contribution in [0.5, 0.6) is 5.75 Å². The number of halogens is 2. The number of nitrogens with zero attached hydrogens (tertiary/aromatic N) is 1. The van der Waals surface area contributed by atoms with Crippen LogP contribution in [0.3, 0.4) is 0 Å². The van der Waals surface area contributed by atoms with Crippen molar-refractivity contribution in [2.45, 2.75) is 27.2 Å². The molecule has 1 amide bonds. The molecule has 108 valence electrons. The van der Waals surface area contributed by atoms with Gasteiger partial charge in [0.2, 0.25) is 11.8 Å². The van der Waals surface area contributed by atoms with Crippen molar-refractivity contribution in [2.24, 2.45) is 16.9 Å². The first-order chi connectivity index (χ1) is 9.38. The third kappa shape index (κ3) is 3.25. The van der Waals surface area contributed by atoms with Gasteiger partial charge in [-0.1, -0.05) is 37.0 Å². The van der Waals surface area contributed by atoms with Crippen molar-refractivity contribution in [3.63, 3.8) is 0 Å². The zero-order chi connectivity index (χ0) is 14.9. The lowest BCUT2D eigenvalue weighted by Crippen LogP contribution is -2.38. The Morgan fingerprint density at radius 2 is 1.95 bits per heavy atom. The van der Waals surface area contributed by atoms with Gasteiger partial charge in [-0.15, -0.1) is 5.10 Å². The van der Waals surface area contributed by atoms with E-state index in [4.69, 9.17) is 27.9 Å². The standard InChI is InChI=1S/C14H16Cl2N2O2/c1-7(2)9-6-12(17-18-14(9)19)20-13-10(15)4-8(3)5-11(13)16/h4-5,7,9H,6H2,1-3H3,(H,18,19). The van der Waals surface area contributed by atoms with Gasteiger partial charge in [0.15, 0.2) is 5.75 Å². The van der Waals surface area contributed by atoms with Crippen LogP contribution in [0, 0.1) is 18.8 Å². The lowest BCUT2D eigenvalue weighted by atomic mass is 9.91. The summed E-state index contributed by atoms with van der Waals surface area (Å²) in [6, 6.07) is 3.54. The molecule has 0 fully saturated rings. The van der Waals surface area contributed by atoms with E-state index in [0.29, 0.717) is 28.1 Å². The van der Waals surface area contributed by atoms with Gasteiger partial charge in [0.1, 0.15) is 0 Å². The van der Waals surface area contributed by atoms with Crippen LogP contribution >= 0.6 is 23.2 Å². The number of nitrogens with one attached hydrogen (secondary N) is 1. The Kier molecular flexibility index (Phi) is 4.55. The molecule has 20 heavy (non-hydrogen) atoms. The third-order valence-corrected chi connectivity index (χ3v) is 3.75. The molecule has 1 atom stereocenters. The maximum absolute atomic E-state index is 11.7. The smallest absolute Gasteiger partial charge is 0.244 e. The molecule has 0 spiro atoms. The van der Waals surface area contributed by atoms with E-state index in [2.05, 4.69) is 10.5 Å². The maximum Gasteiger partial charge on any atom is 0.244 e. The van der Waals surface area contributed by atoms with Crippen LogP contribution in [0.4, 0.5) is 0 Å². The molecular weight excluding hydrogens is 299 g/mol. The number of carbonyl (C=O) groups is 1. The van der Waals surface area contributed by atoms with Gasteiger partial charge in [-0.3, -0.25) is 4.79 Å². The van der Waals surface area contributed by atoms with E-state index in [1.165, 1.54) is 0 Å². The Morgan fingerprint density at radius 3 is 2.50 bits per heavy atom. The highest BCUT2D eigenvalue weighted by Gasteiger charge is 2.29. The highest BCUT2D eigenvalue weighted by Crippen LogP contribution is 2.35. The molecule has 1 unspecified atom stereocenters. The SMILES string of the molecule is Cc1cc(Cl)c(OC2=NNC(=O)C(C(C)C)C2)c(Cl)c1. The van der Waals surface area contributed by atoms with Gasteiger partial charge in [0, 0.05) is 6.42 Å². The third-order valence-electron chi connectivity index (χ3n) is 3.19. The summed E-state index contributed by atoms with van der Waals surface area (Å²) in [4.78, 5) is 11.7. The Bertz CT molecular complexity index is 547. The number of benzene rings is 1. The first-order valence-electron chi connectivity index (χ1n) is 6.38. The van der Waals surface area contributed by atoms with Crippen molar-refractivity contribution >= 4 is 35.0 Å². The Hall–Kier alpha value is -1.26.